The van der Waals surface area contributed by atoms with Crippen molar-refractivity contribution in [1.29, 1.82) is 0 Å². The Morgan fingerprint density at radius 2 is 1.89 bits per heavy atom. The van der Waals surface area contributed by atoms with Crippen LogP contribution in [0.5, 0.6) is 11.6 Å². The number of benzene rings is 1. The average Bonchev–Trinajstić information content (AvgIpc) is 3.24. The average molecular weight is 532 g/mol. The van der Waals surface area contributed by atoms with Crippen molar-refractivity contribution in [2.24, 2.45) is 5.73 Å². The highest BCUT2D eigenvalue weighted by Gasteiger charge is 2.33. The topological polar surface area (TPSA) is 129 Å². The minimum Gasteiger partial charge on any atom is -0.439 e. The molecule has 4 rings (SSSR count). The van der Waals surface area contributed by atoms with Gasteiger partial charge in [-0.25, -0.2) is 14.1 Å². The van der Waals surface area contributed by atoms with Crippen LogP contribution in [0, 0.1) is 0 Å². The Hall–Kier alpha value is -4.42. The number of hydrogen-bond donors (Lipinski definition) is 2. The second-order valence-electron chi connectivity index (χ2n) is 8.54. The molecule has 0 radical (unpaired) electrons. The Morgan fingerprint density at radius 1 is 1.16 bits per heavy atom. The lowest BCUT2D eigenvalue weighted by Crippen LogP contribution is -2.40. The van der Waals surface area contributed by atoms with E-state index in [2.05, 4.69) is 10.1 Å². The first-order chi connectivity index (χ1) is 18.1. The molecule has 13 heteroatoms. The first kappa shape index (κ1) is 26.6. The summed E-state index contributed by atoms with van der Waals surface area (Å²) in [6.45, 7) is 0.00133. The third-order valence-corrected chi connectivity index (χ3v) is 5.96. The Balaban J connectivity index is 1.58. The largest absolute Gasteiger partial charge is 0.439 e. The fourth-order valence-corrected chi connectivity index (χ4v) is 4.21. The number of hydrogen-bond acceptors (Lipinski definition) is 6. The van der Waals surface area contributed by atoms with E-state index >= 15 is 0 Å². The van der Waals surface area contributed by atoms with Crippen LogP contribution in [0.4, 0.5) is 23.4 Å². The summed E-state index contributed by atoms with van der Waals surface area (Å²) in [6.07, 6.45) is -1.02. The molecular formula is C25H24F4N6O3. The molecule has 1 atom stereocenters. The van der Waals surface area contributed by atoms with E-state index in [1.807, 2.05) is 0 Å². The van der Waals surface area contributed by atoms with Crippen molar-refractivity contribution in [2.45, 2.75) is 25.1 Å². The van der Waals surface area contributed by atoms with Gasteiger partial charge in [0.05, 0.1) is 6.04 Å². The van der Waals surface area contributed by atoms with Gasteiger partial charge in [-0.2, -0.15) is 18.3 Å². The number of aromatic nitrogens is 3. The monoisotopic (exact) mass is 532 g/mol. The number of nitrogens with two attached hydrogens (primary N) is 2. The van der Waals surface area contributed by atoms with E-state index < -0.39 is 24.5 Å². The SMILES string of the molecule is NC(=O)c1c(-c2ccc(Oc3cccc(C(F)(F)F)n3)cc2)nn(C2CCCN(C(=O)C=CCF)C2)c1N. The third-order valence-electron chi connectivity index (χ3n) is 5.96. The summed E-state index contributed by atoms with van der Waals surface area (Å²) in [5.41, 5.74) is 11.5. The number of amides is 2. The first-order valence-corrected chi connectivity index (χ1v) is 11.6. The predicted molar refractivity (Wildman–Crippen MR) is 130 cm³/mol. The van der Waals surface area contributed by atoms with Crippen molar-refractivity contribution in [2.75, 3.05) is 25.5 Å². The molecule has 1 aliphatic rings. The number of alkyl halides is 4. The standard InChI is InChI=1S/C25H24F4N6O3/c26-12-2-7-20(36)34-13-3-4-16(14-34)35-23(30)21(24(31)37)22(33-35)15-8-10-17(11-9-15)38-19-6-1-5-18(32-19)25(27,28)29/h1-2,5-11,16H,3-4,12-14,30H2,(H2,31,37). The van der Waals surface area contributed by atoms with Crippen LogP contribution < -0.4 is 16.2 Å². The summed E-state index contributed by atoms with van der Waals surface area (Å²) in [4.78, 5) is 29.6. The minimum atomic E-state index is -4.61. The van der Waals surface area contributed by atoms with Crippen LogP contribution in [0.2, 0.25) is 0 Å². The zero-order valence-corrected chi connectivity index (χ0v) is 20.0. The van der Waals surface area contributed by atoms with E-state index in [-0.39, 0.29) is 47.2 Å². The zero-order valence-electron chi connectivity index (χ0n) is 20.0. The smallest absolute Gasteiger partial charge is 0.433 e. The van der Waals surface area contributed by atoms with Crippen LogP contribution in [0.15, 0.2) is 54.6 Å². The van der Waals surface area contributed by atoms with Crippen LogP contribution in [-0.4, -0.2) is 51.2 Å². The van der Waals surface area contributed by atoms with Gasteiger partial charge in [0.2, 0.25) is 11.8 Å². The van der Waals surface area contributed by atoms with E-state index in [1.54, 1.807) is 17.0 Å². The van der Waals surface area contributed by atoms with Crippen molar-refractivity contribution < 1.29 is 31.9 Å². The van der Waals surface area contributed by atoms with E-state index in [4.69, 9.17) is 16.2 Å². The Morgan fingerprint density at radius 3 is 2.55 bits per heavy atom. The van der Waals surface area contributed by atoms with E-state index in [9.17, 15) is 27.2 Å². The summed E-state index contributed by atoms with van der Waals surface area (Å²) in [6, 6.07) is 9.05. The van der Waals surface area contributed by atoms with Gasteiger partial charge in [0.1, 0.15) is 35.2 Å². The number of ether oxygens (including phenoxy) is 1. The molecule has 1 aliphatic heterocycles. The van der Waals surface area contributed by atoms with Crippen LogP contribution in [0.1, 0.15) is 34.9 Å². The van der Waals surface area contributed by atoms with E-state index in [1.165, 1.54) is 35.0 Å². The maximum atomic E-state index is 12.9. The molecule has 1 aromatic carbocycles. The number of carbonyl (C=O) groups excluding carboxylic acids is 2. The fraction of sp³-hybridized carbons (Fsp3) is 0.280. The number of carbonyl (C=O) groups is 2. The normalized spacial score (nSPS) is 16.1. The third kappa shape index (κ3) is 5.76. The number of halogens is 4. The number of piperidine rings is 1. The van der Waals surface area contributed by atoms with Crippen molar-refractivity contribution in [1.82, 2.24) is 19.7 Å². The van der Waals surface area contributed by atoms with E-state index in [0.717, 1.165) is 12.1 Å². The number of pyridine rings is 1. The van der Waals surface area contributed by atoms with Gasteiger partial charge in [-0.15, -0.1) is 0 Å². The molecule has 4 N–H and O–H groups in total. The number of primary amides is 1. The molecule has 0 spiro atoms. The van der Waals surface area contributed by atoms with Crippen molar-refractivity contribution in [3.63, 3.8) is 0 Å². The fourth-order valence-electron chi connectivity index (χ4n) is 4.21. The second-order valence-corrected chi connectivity index (χ2v) is 8.54. The van der Waals surface area contributed by atoms with Crippen LogP contribution >= 0.6 is 0 Å². The van der Waals surface area contributed by atoms with Gasteiger partial charge in [-0.1, -0.05) is 6.07 Å². The lowest BCUT2D eigenvalue weighted by atomic mass is 10.1. The molecule has 1 saturated heterocycles. The quantitative estimate of drug-likeness (QED) is 0.348. The number of allylic oxidation sites excluding steroid dienone is 1. The van der Waals surface area contributed by atoms with E-state index in [0.29, 0.717) is 24.9 Å². The molecule has 3 heterocycles. The molecule has 0 aliphatic carbocycles. The van der Waals surface area contributed by atoms with Gasteiger partial charge in [0.15, 0.2) is 0 Å². The summed E-state index contributed by atoms with van der Waals surface area (Å²) >= 11 is 0. The zero-order chi connectivity index (χ0) is 27.4. The number of rotatable bonds is 7. The van der Waals surface area contributed by atoms with Gasteiger partial charge in [-0.05, 0) is 49.2 Å². The Bertz CT molecular complexity index is 1350. The maximum Gasteiger partial charge on any atom is 0.433 e. The number of anilines is 1. The minimum absolute atomic E-state index is 0.000937. The van der Waals surface area contributed by atoms with Gasteiger partial charge < -0.3 is 21.1 Å². The molecule has 9 nitrogen and oxygen atoms in total. The van der Waals surface area contributed by atoms with Crippen molar-refractivity contribution in [3.8, 4) is 22.9 Å². The Labute approximate surface area is 214 Å². The number of nitrogen functional groups attached to an aromatic ring is 1. The van der Waals surface area contributed by atoms with Gasteiger partial charge in [-0.3, -0.25) is 9.59 Å². The van der Waals surface area contributed by atoms with Gasteiger partial charge >= 0.3 is 6.18 Å². The number of nitrogens with zero attached hydrogens (tertiary/aromatic N) is 4. The van der Waals surface area contributed by atoms with Crippen molar-refractivity contribution >= 4 is 17.6 Å². The molecule has 0 bridgehead atoms. The highest BCUT2D eigenvalue weighted by molar-refractivity contribution is 6.03. The summed E-state index contributed by atoms with van der Waals surface area (Å²) in [5.74, 6) is -1.13. The number of likely N-dealkylation sites (tertiary alicyclic amines) is 1. The molecule has 1 unspecified atom stereocenters. The molecule has 38 heavy (non-hydrogen) atoms. The molecule has 3 aromatic rings. The molecule has 200 valence electrons. The molecule has 2 amide bonds. The van der Waals surface area contributed by atoms with Crippen LogP contribution in [-0.2, 0) is 11.0 Å². The predicted octanol–water partition coefficient (Wildman–Crippen LogP) is 4.13. The molecule has 2 aromatic heterocycles. The highest BCUT2D eigenvalue weighted by atomic mass is 19.4. The summed E-state index contributed by atoms with van der Waals surface area (Å²) in [5, 5.41) is 4.53. The second kappa shape index (κ2) is 10.9. The van der Waals surface area contributed by atoms with Gasteiger partial charge in [0.25, 0.3) is 5.91 Å². The first-order valence-electron chi connectivity index (χ1n) is 11.6. The van der Waals surface area contributed by atoms with Crippen LogP contribution in [0.25, 0.3) is 11.3 Å². The lowest BCUT2D eigenvalue weighted by molar-refractivity contribution is -0.141. The van der Waals surface area contributed by atoms with Crippen LogP contribution in [0.3, 0.4) is 0 Å². The molecule has 0 saturated carbocycles. The van der Waals surface area contributed by atoms with Crippen molar-refractivity contribution in [3.05, 3.63) is 65.9 Å². The highest BCUT2D eigenvalue weighted by Crippen LogP contribution is 2.34. The summed E-state index contributed by atoms with van der Waals surface area (Å²) < 4.78 is 58.1. The molecular weight excluding hydrogens is 508 g/mol. The molecule has 1 fully saturated rings. The van der Waals surface area contributed by atoms with Gasteiger partial charge in [0, 0.05) is 30.8 Å². The maximum absolute atomic E-state index is 12.9. The summed E-state index contributed by atoms with van der Waals surface area (Å²) in [7, 11) is 0. The Kier molecular flexibility index (Phi) is 7.65. The lowest BCUT2D eigenvalue weighted by Gasteiger charge is -2.32.